The molecule has 0 unspecified atom stereocenters. The first-order valence-electron chi connectivity index (χ1n) is 7.36. The molecular weight excluding hydrogens is 374 g/mol. The molecule has 140 valence electrons. The lowest BCUT2D eigenvalue weighted by molar-refractivity contribution is 0.0696. The van der Waals surface area contributed by atoms with E-state index in [-0.39, 0.29) is 6.42 Å². The number of carboxylic acid groups (broad SMARTS) is 2. The number of rotatable bonds is 10. The minimum atomic E-state index is -4.64. The van der Waals surface area contributed by atoms with E-state index in [1.807, 2.05) is 6.92 Å². The van der Waals surface area contributed by atoms with Gasteiger partial charge in [-0.3, -0.25) is 0 Å². The van der Waals surface area contributed by atoms with Crippen molar-refractivity contribution < 1.29 is 36.6 Å². The van der Waals surface area contributed by atoms with Gasteiger partial charge in [-0.1, -0.05) is 26.2 Å². The lowest BCUT2D eigenvalue weighted by Crippen LogP contribution is -2.32. The van der Waals surface area contributed by atoms with Gasteiger partial charge in [-0.2, -0.15) is 0 Å². The Morgan fingerprint density at radius 1 is 0.920 bits per heavy atom. The molecule has 11 heteroatoms. The van der Waals surface area contributed by atoms with Crippen LogP contribution in [0.2, 0.25) is 0 Å². The third kappa shape index (κ3) is 6.44. The van der Waals surface area contributed by atoms with Crippen LogP contribution < -0.4 is 4.13 Å². The van der Waals surface area contributed by atoms with Crippen molar-refractivity contribution in [1.82, 2.24) is 4.13 Å². The van der Waals surface area contributed by atoms with Crippen LogP contribution in [-0.2, 0) is 20.0 Å². The van der Waals surface area contributed by atoms with Gasteiger partial charge in [0.25, 0.3) is 10.0 Å². The molecule has 9 nitrogen and oxygen atoms in total. The van der Waals surface area contributed by atoms with E-state index in [4.69, 9.17) is 10.2 Å². The number of aromatic carboxylic acids is 2. The van der Waals surface area contributed by atoms with E-state index < -0.39 is 53.8 Å². The van der Waals surface area contributed by atoms with Crippen molar-refractivity contribution in [3.63, 3.8) is 0 Å². The Kier molecular flexibility index (Phi) is 7.08. The predicted molar refractivity (Wildman–Crippen MR) is 88.6 cm³/mol. The maximum atomic E-state index is 12.2. The van der Waals surface area contributed by atoms with Crippen LogP contribution in [0.4, 0.5) is 0 Å². The highest BCUT2D eigenvalue weighted by Gasteiger charge is 2.25. The van der Waals surface area contributed by atoms with E-state index in [1.165, 1.54) is 4.13 Å². The van der Waals surface area contributed by atoms with Crippen molar-refractivity contribution in [3.05, 3.63) is 29.3 Å². The van der Waals surface area contributed by atoms with Crippen LogP contribution in [-0.4, -0.2) is 44.7 Å². The van der Waals surface area contributed by atoms with E-state index in [0.717, 1.165) is 18.9 Å². The molecule has 0 amide bonds. The molecule has 0 aliphatic rings. The summed E-state index contributed by atoms with van der Waals surface area (Å²) >= 11 is 0. The highest BCUT2D eigenvalue weighted by Crippen LogP contribution is 2.17. The van der Waals surface area contributed by atoms with Crippen molar-refractivity contribution >= 4 is 32.0 Å². The van der Waals surface area contributed by atoms with E-state index >= 15 is 0 Å². The quantitative estimate of drug-likeness (QED) is 0.502. The van der Waals surface area contributed by atoms with Gasteiger partial charge in [-0.05, 0) is 24.6 Å². The molecule has 0 radical (unpaired) electrons. The molecule has 1 aromatic carbocycles. The molecule has 0 atom stereocenters. The Morgan fingerprint density at radius 3 is 1.88 bits per heavy atom. The predicted octanol–water partition coefficient (Wildman–Crippen LogP) is 1.27. The molecule has 0 aliphatic heterocycles. The Morgan fingerprint density at radius 2 is 1.44 bits per heavy atom. The molecular formula is C14H19NO8S2. The minimum absolute atomic E-state index is 0.272. The largest absolute Gasteiger partial charge is 0.478 e. The second-order valence-electron chi connectivity index (χ2n) is 5.32. The number of unbranched alkanes of at least 4 members (excludes halogenated alkanes) is 3. The first-order chi connectivity index (χ1) is 11.5. The molecule has 0 bridgehead atoms. The fourth-order valence-corrected chi connectivity index (χ4v) is 5.18. The van der Waals surface area contributed by atoms with Crippen LogP contribution in [0.3, 0.4) is 0 Å². The lowest BCUT2D eigenvalue weighted by atomic mass is 10.1. The van der Waals surface area contributed by atoms with Crippen LogP contribution in [0, 0.1) is 0 Å². The summed E-state index contributed by atoms with van der Waals surface area (Å²) < 4.78 is 49.7. The summed E-state index contributed by atoms with van der Waals surface area (Å²) in [4.78, 5) is 21.3. The zero-order valence-corrected chi connectivity index (χ0v) is 15.1. The molecule has 0 fully saturated rings. The fourth-order valence-electron chi connectivity index (χ4n) is 1.98. The molecule has 0 saturated carbocycles. The Labute approximate surface area is 145 Å². The van der Waals surface area contributed by atoms with Crippen LogP contribution >= 0.6 is 0 Å². The monoisotopic (exact) mass is 393 g/mol. The van der Waals surface area contributed by atoms with E-state index in [9.17, 15) is 26.4 Å². The summed E-state index contributed by atoms with van der Waals surface area (Å²) in [6, 6.07) is 2.18. The summed E-state index contributed by atoms with van der Waals surface area (Å²) in [5.74, 6) is -3.49. The fraction of sp³-hybridized carbons (Fsp3) is 0.429. The van der Waals surface area contributed by atoms with Crippen molar-refractivity contribution in [3.8, 4) is 0 Å². The van der Waals surface area contributed by atoms with Gasteiger partial charge in [0.1, 0.15) is 0 Å². The normalized spacial score (nSPS) is 12.0. The van der Waals surface area contributed by atoms with Gasteiger partial charge in [0.2, 0.25) is 10.0 Å². The maximum Gasteiger partial charge on any atom is 0.335 e. The molecule has 0 spiro atoms. The summed E-state index contributed by atoms with van der Waals surface area (Å²) in [6.07, 6.45) is 2.58. The third-order valence-corrected chi connectivity index (χ3v) is 6.79. The highest BCUT2D eigenvalue weighted by molar-refractivity contribution is 8.04. The lowest BCUT2D eigenvalue weighted by Gasteiger charge is -2.09. The van der Waals surface area contributed by atoms with Gasteiger partial charge in [0, 0.05) is 0 Å². The van der Waals surface area contributed by atoms with E-state index in [1.54, 1.807) is 0 Å². The average molecular weight is 393 g/mol. The van der Waals surface area contributed by atoms with Gasteiger partial charge in [0.15, 0.2) is 0 Å². The van der Waals surface area contributed by atoms with Crippen molar-refractivity contribution in [2.24, 2.45) is 0 Å². The Hall–Kier alpha value is -1.98. The summed E-state index contributed by atoms with van der Waals surface area (Å²) in [5.41, 5.74) is -1.17. The molecule has 0 saturated heterocycles. The number of sulfonamides is 2. The summed E-state index contributed by atoms with van der Waals surface area (Å²) in [5, 5.41) is 17.9. The van der Waals surface area contributed by atoms with Crippen LogP contribution in [0.1, 0.15) is 53.3 Å². The van der Waals surface area contributed by atoms with E-state index in [0.29, 0.717) is 18.6 Å². The van der Waals surface area contributed by atoms with Gasteiger partial charge in [-0.15, -0.1) is 4.13 Å². The van der Waals surface area contributed by atoms with Crippen molar-refractivity contribution in [1.29, 1.82) is 0 Å². The number of benzene rings is 1. The maximum absolute atomic E-state index is 12.2. The molecule has 3 N–H and O–H groups in total. The number of nitrogens with one attached hydrogen (secondary N) is 1. The number of hydrogen-bond donors (Lipinski definition) is 3. The zero-order valence-electron chi connectivity index (χ0n) is 13.4. The molecule has 1 rings (SSSR count). The highest BCUT2D eigenvalue weighted by atomic mass is 32.3. The smallest absolute Gasteiger partial charge is 0.335 e. The number of hydrogen-bond acceptors (Lipinski definition) is 6. The van der Waals surface area contributed by atoms with Gasteiger partial charge >= 0.3 is 11.9 Å². The number of carboxylic acids is 2. The van der Waals surface area contributed by atoms with Crippen LogP contribution in [0.5, 0.6) is 0 Å². The second-order valence-corrected chi connectivity index (χ2v) is 9.11. The first kappa shape index (κ1) is 21.1. The Bertz CT molecular complexity index is 827. The summed E-state index contributed by atoms with van der Waals surface area (Å²) in [6.45, 7) is 1.94. The number of carbonyl (C=O) groups is 2. The third-order valence-electron chi connectivity index (χ3n) is 3.21. The van der Waals surface area contributed by atoms with Gasteiger partial charge < -0.3 is 10.2 Å². The minimum Gasteiger partial charge on any atom is -0.478 e. The van der Waals surface area contributed by atoms with Gasteiger partial charge in [-0.25, -0.2) is 26.4 Å². The SMILES string of the molecule is CCCCCCS(=O)(=O)NS(=O)(=O)c1cc(C(=O)O)cc(C(=O)O)c1. The molecule has 0 heterocycles. The van der Waals surface area contributed by atoms with Crippen LogP contribution in [0.15, 0.2) is 23.1 Å². The molecule has 0 aliphatic carbocycles. The topological polar surface area (TPSA) is 155 Å². The van der Waals surface area contributed by atoms with Crippen molar-refractivity contribution in [2.45, 2.75) is 37.5 Å². The Balaban J connectivity index is 3.13. The van der Waals surface area contributed by atoms with Gasteiger partial charge in [0.05, 0.1) is 21.8 Å². The molecule has 1 aromatic rings. The molecule has 25 heavy (non-hydrogen) atoms. The zero-order chi connectivity index (χ0) is 19.3. The average Bonchev–Trinajstić information content (AvgIpc) is 2.50. The second kappa shape index (κ2) is 8.41. The molecule has 0 aromatic heterocycles. The van der Waals surface area contributed by atoms with Crippen molar-refractivity contribution in [2.75, 3.05) is 5.75 Å². The van der Waals surface area contributed by atoms with Crippen LogP contribution in [0.25, 0.3) is 0 Å². The standard InChI is InChI=1S/C14H19NO8S2/c1-2-3-4-5-6-24(20,21)15-25(22,23)12-8-10(13(16)17)7-11(9-12)14(18)19/h7-9,15H,2-6H2,1H3,(H,16,17)(H,18,19). The first-order valence-corrected chi connectivity index (χ1v) is 10.5. The summed E-state index contributed by atoms with van der Waals surface area (Å²) in [7, 11) is -8.80. The van der Waals surface area contributed by atoms with E-state index in [2.05, 4.69) is 0 Å².